The average molecular weight is 277 g/mol. The maximum absolute atomic E-state index is 5.94. The minimum Gasteiger partial charge on any atom is -0.374 e. The number of ether oxygens (including phenoxy) is 1. The molecule has 0 radical (unpaired) electrons. The molecule has 0 fully saturated rings. The summed E-state index contributed by atoms with van der Waals surface area (Å²) in [4.78, 5) is 0. The maximum atomic E-state index is 5.94. The number of hydrogen-bond donors (Lipinski definition) is 1. The molecule has 114 valence electrons. The molecule has 1 rings (SSSR count). The zero-order chi connectivity index (χ0) is 15.0. The van der Waals surface area contributed by atoms with Crippen molar-refractivity contribution in [1.82, 2.24) is 5.32 Å². The van der Waals surface area contributed by atoms with E-state index < -0.39 is 0 Å². The zero-order valence-electron chi connectivity index (χ0n) is 13.8. The Morgan fingerprint density at radius 2 is 1.65 bits per heavy atom. The average Bonchev–Trinajstić information content (AvgIpc) is 2.41. The fraction of sp³-hybridized carbons (Fsp3) is 0.667. The highest BCUT2D eigenvalue weighted by Crippen LogP contribution is 2.11. The lowest BCUT2D eigenvalue weighted by molar-refractivity contribution is -0.0143. The lowest BCUT2D eigenvalue weighted by Gasteiger charge is -2.25. The van der Waals surface area contributed by atoms with Gasteiger partial charge in [0.25, 0.3) is 0 Å². The van der Waals surface area contributed by atoms with Gasteiger partial charge in [0.1, 0.15) is 0 Å². The van der Waals surface area contributed by atoms with Crippen molar-refractivity contribution in [2.75, 3.05) is 13.2 Å². The molecule has 0 bridgehead atoms. The third-order valence-corrected chi connectivity index (χ3v) is 3.31. The minimum atomic E-state index is -0.0712. The summed E-state index contributed by atoms with van der Waals surface area (Å²) >= 11 is 0. The number of aryl methyl sites for hydroxylation is 1. The Morgan fingerprint density at radius 3 is 2.15 bits per heavy atom. The molecule has 0 spiro atoms. The molecular formula is C18H31NO. The standard InChI is InChI=1S/C18H31NO/c1-6-12-19-17(14-20-18(3,4)5)13-16-10-8-15(7-2)9-11-16/h8-11,17,19H,6-7,12-14H2,1-5H3. The second kappa shape index (κ2) is 8.43. The van der Waals surface area contributed by atoms with E-state index in [9.17, 15) is 0 Å². The molecule has 1 atom stereocenters. The third-order valence-electron chi connectivity index (χ3n) is 3.31. The fourth-order valence-electron chi connectivity index (χ4n) is 2.08. The summed E-state index contributed by atoms with van der Waals surface area (Å²) in [7, 11) is 0. The van der Waals surface area contributed by atoms with Crippen LogP contribution in [0.2, 0.25) is 0 Å². The van der Waals surface area contributed by atoms with E-state index in [-0.39, 0.29) is 5.60 Å². The van der Waals surface area contributed by atoms with Crippen molar-refractivity contribution in [3.8, 4) is 0 Å². The van der Waals surface area contributed by atoms with E-state index in [1.54, 1.807) is 0 Å². The highest BCUT2D eigenvalue weighted by Gasteiger charge is 2.15. The maximum Gasteiger partial charge on any atom is 0.0629 e. The minimum absolute atomic E-state index is 0.0712. The van der Waals surface area contributed by atoms with Crippen LogP contribution < -0.4 is 5.32 Å². The van der Waals surface area contributed by atoms with Crippen molar-refractivity contribution in [2.45, 2.75) is 65.5 Å². The largest absolute Gasteiger partial charge is 0.374 e. The van der Waals surface area contributed by atoms with Gasteiger partial charge in [0, 0.05) is 6.04 Å². The van der Waals surface area contributed by atoms with E-state index in [0.717, 1.165) is 32.4 Å². The molecule has 0 aliphatic heterocycles. The molecule has 0 heterocycles. The topological polar surface area (TPSA) is 21.3 Å². The van der Waals surface area contributed by atoms with Crippen molar-refractivity contribution >= 4 is 0 Å². The molecular weight excluding hydrogens is 246 g/mol. The van der Waals surface area contributed by atoms with Gasteiger partial charge in [-0.1, -0.05) is 38.1 Å². The summed E-state index contributed by atoms with van der Waals surface area (Å²) in [5.74, 6) is 0. The van der Waals surface area contributed by atoms with Gasteiger partial charge in [-0.15, -0.1) is 0 Å². The predicted molar refractivity (Wildman–Crippen MR) is 87.3 cm³/mol. The van der Waals surface area contributed by atoms with Crippen molar-refractivity contribution in [2.24, 2.45) is 0 Å². The number of benzene rings is 1. The third kappa shape index (κ3) is 7.06. The van der Waals surface area contributed by atoms with Crippen molar-refractivity contribution < 1.29 is 4.74 Å². The lowest BCUT2D eigenvalue weighted by Crippen LogP contribution is -2.38. The Bertz CT molecular complexity index is 364. The molecule has 1 aromatic rings. The van der Waals surface area contributed by atoms with E-state index in [0.29, 0.717) is 6.04 Å². The lowest BCUT2D eigenvalue weighted by atomic mass is 10.0. The van der Waals surface area contributed by atoms with Crippen molar-refractivity contribution in [3.05, 3.63) is 35.4 Å². The summed E-state index contributed by atoms with van der Waals surface area (Å²) in [6, 6.07) is 9.35. The van der Waals surface area contributed by atoms with Gasteiger partial charge in [0.15, 0.2) is 0 Å². The van der Waals surface area contributed by atoms with Crippen LogP contribution in [-0.2, 0) is 17.6 Å². The second-order valence-corrected chi connectivity index (χ2v) is 6.45. The summed E-state index contributed by atoms with van der Waals surface area (Å²) in [5.41, 5.74) is 2.71. The highest BCUT2D eigenvalue weighted by atomic mass is 16.5. The first-order valence-corrected chi connectivity index (χ1v) is 7.89. The van der Waals surface area contributed by atoms with Crippen LogP contribution in [0.3, 0.4) is 0 Å². The van der Waals surface area contributed by atoms with Gasteiger partial charge >= 0.3 is 0 Å². The highest BCUT2D eigenvalue weighted by molar-refractivity contribution is 5.23. The van der Waals surface area contributed by atoms with Gasteiger partial charge < -0.3 is 10.1 Å². The Morgan fingerprint density at radius 1 is 1.05 bits per heavy atom. The van der Waals surface area contributed by atoms with Crippen LogP contribution in [0.15, 0.2) is 24.3 Å². The van der Waals surface area contributed by atoms with Crippen LogP contribution in [0.25, 0.3) is 0 Å². The second-order valence-electron chi connectivity index (χ2n) is 6.45. The fourth-order valence-corrected chi connectivity index (χ4v) is 2.08. The van der Waals surface area contributed by atoms with E-state index in [1.165, 1.54) is 11.1 Å². The van der Waals surface area contributed by atoms with Gasteiger partial charge in [0.2, 0.25) is 0 Å². The normalized spacial score (nSPS) is 13.4. The van der Waals surface area contributed by atoms with E-state index >= 15 is 0 Å². The first-order valence-electron chi connectivity index (χ1n) is 7.89. The Balaban J connectivity index is 2.57. The molecule has 0 aliphatic rings. The predicted octanol–water partition coefficient (Wildman–Crippen LogP) is 3.97. The molecule has 2 nitrogen and oxygen atoms in total. The van der Waals surface area contributed by atoms with Crippen LogP contribution >= 0.6 is 0 Å². The summed E-state index contributed by atoms with van der Waals surface area (Å²) in [6.07, 6.45) is 3.28. The van der Waals surface area contributed by atoms with Crippen LogP contribution in [0.5, 0.6) is 0 Å². The van der Waals surface area contributed by atoms with E-state index in [4.69, 9.17) is 4.74 Å². The summed E-state index contributed by atoms with van der Waals surface area (Å²) in [5, 5.41) is 3.59. The molecule has 1 N–H and O–H groups in total. The first kappa shape index (κ1) is 17.2. The van der Waals surface area contributed by atoms with Gasteiger partial charge in [-0.25, -0.2) is 0 Å². The van der Waals surface area contributed by atoms with Crippen LogP contribution in [0, 0.1) is 0 Å². The summed E-state index contributed by atoms with van der Waals surface area (Å²) in [6.45, 7) is 12.5. The van der Waals surface area contributed by atoms with E-state index in [2.05, 4.69) is 64.2 Å². The smallest absolute Gasteiger partial charge is 0.0629 e. The van der Waals surface area contributed by atoms with Gasteiger partial charge in [0.05, 0.1) is 12.2 Å². The SMILES string of the molecule is CCCNC(COC(C)(C)C)Cc1ccc(CC)cc1. The number of hydrogen-bond acceptors (Lipinski definition) is 2. The molecule has 0 amide bonds. The first-order chi connectivity index (χ1) is 9.44. The monoisotopic (exact) mass is 277 g/mol. The van der Waals surface area contributed by atoms with Gasteiger partial charge in [-0.2, -0.15) is 0 Å². The molecule has 1 aromatic carbocycles. The van der Waals surface area contributed by atoms with E-state index in [1.807, 2.05) is 0 Å². The Kier molecular flexibility index (Phi) is 7.25. The Hall–Kier alpha value is -0.860. The number of rotatable bonds is 8. The molecule has 2 heteroatoms. The molecule has 1 unspecified atom stereocenters. The molecule has 20 heavy (non-hydrogen) atoms. The van der Waals surface area contributed by atoms with Crippen LogP contribution in [0.1, 0.15) is 52.2 Å². The van der Waals surface area contributed by atoms with Crippen LogP contribution in [-0.4, -0.2) is 24.8 Å². The van der Waals surface area contributed by atoms with Gasteiger partial charge in [-0.05, 0) is 57.7 Å². The molecule has 0 saturated heterocycles. The Labute approximate surface area is 124 Å². The molecule has 0 aliphatic carbocycles. The number of nitrogens with one attached hydrogen (secondary N) is 1. The zero-order valence-corrected chi connectivity index (χ0v) is 13.8. The summed E-state index contributed by atoms with van der Waals surface area (Å²) < 4.78 is 5.94. The van der Waals surface area contributed by atoms with Crippen LogP contribution in [0.4, 0.5) is 0 Å². The van der Waals surface area contributed by atoms with Crippen molar-refractivity contribution in [3.63, 3.8) is 0 Å². The van der Waals surface area contributed by atoms with Gasteiger partial charge in [-0.3, -0.25) is 0 Å². The molecule has 0 saturated carbocycles. The van der Waals surface area contributed by atoms with Crippen molar-refractivity contribution in [1.29, 1.82) is 0 Å². The molecule has 0 aromatic heterocycles. The quantitative estimate of drug-likeness (QED) is 0.776.